The van der Waals surface area contributed by atoms with Gasteiger partial charge in [-0.15, -0.1) is 0 Å². The third kappa shape index (κ3) is 5.04. The molecule has 1 N–H and O–H groups in total. The summed E-state index contributed by atoms with van der Waals surface area (Å²) < 4.78 is 5.70. The fraction of sp³-hybridized carbons (Fsp3) is 0.400. The first-order valence-corrected chi connectivity index (χ1v) is 6.39. The first kappa shape index (κ1) is 14.3. The molecule has 0 saturated heterocycles. The molecular weight excluding hydrogens is 226 g/mol. The smallest absolute Gasteiger partial charge is 0.247 e. The van der Waals surface area contributed by atoms with E-state index in [4.69, 9.17) is 4.74 Å². The zero-order chi connectivity index (χ0) is 13.2. The van der Waals surface area contributed by atoms with E-state index in [1.165, 1.54) is 6.08 Å². The maximum atomic E-state index is 11.4. The van der Waals surface area contributed by atoms with Crippen LogP contribution in [0.2, 0.25) is 0 Å². The number of hydrogen-bond donors (Lipinski definition) is 1. The zero-order valence-electron chi connectivity index (χ0n) is 11.1. The maximum absolute atomic E-state index is 11.4. The van der Waals surface area contributed by atoms with E-state index < -0.39 is 0 Å². The third-order valence-corrected chi connectivity index (χ3v) is 2.57. The van der Waals surface area contributed by atoms with Crippen molar-refractivity contribution in [2.75, 3.05) is 13.7 Å². The van der Waals surface area contributed by atoms with Crippen molar-refractivity contribution < 1.29 is 9.53 Å². The molecule has 0 radical (unpaired) electrons. The molecule has 1 aromatic rings. The van der Waals surface area contributed by atoms with Crippen LogP contribution >= 0.6 is 0 Å². The normalized spacial score (nSPS) is 11.1. The van der Waals surface area contributed by atoms with Crippen LogP contribution in [0.5, 0.6) is 0 Å². The predicted molar refractivity (Wildman–Crippen MR) is 74.0 cm³/mol. The lowest BCUT2D eigenvalue weighted by Crippen LogP contribution is -2.15. The second-order valence-electron chi connectivity index (χ2n) is 4.04. The summed E-state index contributed by atoms with van der Waals surface area (Å²) in [6, 6.07) is 9.69. The zero-order valence-corrected chi connectivity index (χ0v) is 11.1. The van der Waals surface area contributed by atoms with Crippen LogP contribution in [0, 0.1) is 0 Å². The van der Waals surface area contributed by atoms with E-state index in [0.717, 1.165) is 24.8 Å². The molecule has 0 spiro atoms. The highest BCUT2D eigenvalue weighted by atomic mass is 16.5. The summed E-state index contributed by atoms with van der Waals surface area (Å²) in [5, 5.41) is 2.57. The molecule has 0 aliphatic heterocycles. The van der Waals surface area contributed by atoms with E-state index in [0.29, 0.717) is 12.4 Å². The second kappa shape index (κ2) is 8.34. The van der Waals surface area contributed by atoms with Gasteiger partial charge in [0.15, 0.2) is 0 Å². The SMILES string of the molecule is CCCCCO/C(=C\C(=O)NC)c1ccccc1. The van der Waals surface area contributed by atoms with Gasteiger partial charge in [0.25, 0.3) is 0 Å². The monoisotopic (exact) mass is 247 g/mol. The maximum Gasteiger partial charge on any atom is 0.247 e. The van der Waals surface area contributed by atoms with Crippen LogP contribution in [-0.2, 0) is 9.53 Å². The molecule has 1 rings (SSSR count). The quantitative estimate of drug-likeness (QED) is 0.457. The number of carbonyl (C=O) groups excluding carboxylic acids is 1. The largest absolute Gasteiger partial charge is 0.493 e. The minimum absolute atomic E-state index is 0.149. The van der Waals surface area contributed by atoms with Crippen LogP contribution in [0.4, 0.5) is 0 Å². The molecule has 0 aliphatic rings. The van der Waals surface area contributed by atoms with Gasteiger partial charge < -0.3 is 10.1 Å². The molecule has 98 valence electrons. The Bertz CT molecular complexity index is 385. The predicted octanol–water partition coefficient (Wildman–Crippen LogP) is 2.98. The molecule has 0 atom stereocenters. The number of unbranched alkanes of at least 4 members (excludes halogenated alkanes) is 2. The van der Waals surface area contributed by atoms with E-state index in [1.54, 1.807) is 7.05 Å². The van der Waals surface area contributed by atoms with Gasteiger partial charge in [-0.25, -0.2) is 0 Å². The Morgan fingerprint density at radius 3 is 2.61 bits per heavy atom. The van der Waals surface area contributed by atoms with Crippen LogP contribution in [0.15, 0.2) is 36.4 Å². The number of hydrogen-bond acceptors (Lipinski definition) is 2. The Hall–Kier alpha value is -1.77. The summed E-state index contributed by atoms with van der Waals surface area (Å²) in [6.45, 7) is 2.80. The summed E-state index contributed by atoms with van der Waals surface area (Å²) in [5.41, 5.74) is 0.928. The van der Waals surface area contributed by atoms with Gasteiger partial charge in [0, 0.05) is 18.7 Å². The van der Waals surface area contributed by atoms with E-state index in [9.17, 15) is 4.79 Å². The van der Waals surface area contributed by atoms with Gasteiger partial charge >= 0.3 is 0 Å². The van der Waals surface area contributed by atoms with E-state index in [1.807, 2.05) is 30.3 Å². The van der Waals surface area contributed by atoms with Gasteiger partial charge in [-0.05, 0) is 6.42 Å². The van der Waals surface area contributed by atoms with Crippen molar-refractivity contribution in [2.45, 2.75) is 26.2 Å². The number of ether oxygens (including phenoxy) is 1. The Kier molecular flexibility index (Phi) is 6.62. The summed E-state index contributed by atoms with van der Waals surface area (Å²) in [4.78, 5) is 11.4. The summed E-state index contributed by atoms with van der Waals surface area (Å²) in [7, 11) is 1.61. The topological polar surface area (TPSA) is 38.3 Å². The lowest BCUT2D eigenvalue weighted by atomic mass is 10.2. The Labute approximate surface area is 109 Å². The molecule has 0 heterocycles. The van der Waals surface area contributed by atoms with Crippen LogP contribution < -0.4 is 5.32 Å². The van der Waals surface area contributed by atoms with Crippen LogP contribution in [0.1, 0.15) is 31.7 Å². The summed E-state index contributed by atoms with van der Waals surface area (Å²) in [6.07, 6.45) is 4.81. The van der Waals surface area contributed by atoms with Gasteiger partial charge in [-0.3, -0.25) is 4.79 Å². The van der Waals surface area contributed by atoms with Crippen molar-refractivity contribution in [3.8, 4) is 0 Å². The number of amides is 1. The highest BCUT2D eigenvalue weighted by Gasteiger charge is 2.04. The van der Waals surface area contributed by atoms with E-state index in [-0.39, 0.29) is 5.91 Å². The molecule has 0 fully saturated rings. The number of carbonyl (C=O) groups is 1. The Morgan fingerprint density at radius 2 is 2.00 bits per heavy atom. The van der Waals surface area contributed by atoms with Crippen molar-refractivity contribution in [1.29, 1.82) is 0 Å². The minimum atomic E-state index is -0.149. The minimum Gasteiger partial charge on any atom is -0.493 e. The number of rotatable bonds is 7. The van der Waals surface area contributed by atoms with Crippen LogP contribution in [-0.4, -0.2) is 19.6 Å². The van der Waals surface area contributed by atoms with Gasteiger partial charge in [-0.1, -0.05) is 50.1 Å². The molecule has 1 aromatic carbocycles. The lowest BCUT2D eigenvalue weighted by Gasteiger charge is -2.10. The van der Waals surface area contributed by atoms with Gasteiger partial charge in [-0.2, -0.15) is 0 Å². The molecule has 0 aromatic heterocycles. The van der Waals surface area contributed by atoms with Gasteiger partial charge in [0.2, 0.25) is 5.91 Å². The Balaban J connectivity index is 2.70. The van der Waals surface area contributed by atoms with Crippen molar-refractivity contribution in [1.82, 2.24) is 5.32 Å². The molecule has 3 nitrogen and oxygen atoms in total. The van der Waals surface area contributed by atoms with Crippen molar-refractivity contribution >= 4 is 11.7 Å². The number of likely N-dealkylation sites (N-methyl/N-ethyl adjacent to an activating group) is 1. The van der Waals surface area contributed by atoms with Crippen LogP contribution in [0.25, 0.3) is 5.76 Å². The van der Waals surface area contributed by atoms with Crippen molar-refractivity contribution in [3.05, 3.63) is 42.0 Å². The van der Waals surface area contributed by atoms with Crippen molar-refractivity contribution in [3.63, 3.8) is 0 Å². The van der Waals surface area contributed by atoms with Crippen LogP contribution in [0.3, 0.4) is 0 Å². The highest BCUT2D eigenvalue weighted by Crippen LogP contribution is 2.16. The first-order chi connectivity index (χ1) is 8.77. The number of benzene rings is 1. The second-order valence-corrected chi connectivity index (χ2v) is 4.04. The van der Waals surface area contributed by atoms with E-state index in [2.05, 4.69) is 12.2 Å². The molecule has 1 amide bonds. The van der Waals surface area contributed by atoms with Gasteiger partial charge in [0.05, 0.1) is 6.61 Å². The fourth-order valence-corrected chi connectivity index (χ4v) is 1.54. The average Bonchev–Trinajstić information content (AvgIpc) is 2.43. The summed E-state index contributed by atoms with van der Waals surface area (Å²) >= 11 is 0. The molecular formula is C15H21NO2. The summed E-state index contributed by atoms with van der Waals surface area (Å²) in [5.74, 6) is 0.482. The van der Waals surface area contributed by atoms with Gasteiger partial charge in [0.1, 0.15) is 5.76 Å². The molecule has 0 unspecified atom stereocenters. The third-order valence-electron chi connectivity index (χ3n) is 2.57. The fourth-order valence-electron chi connectivity index (χ4n) is 1.54. The number of nitrogens with one attached hydrogen (secondary N) is 1. The first-order valence-electron chi connectivity index (χ1n) is 6.39. The highest BCUT2D eigenvalue weighted by molar-refractivity contribution is 5.93. The van der Waals surface area contributed by atoms with E-state index >= 15 is 0 Å². The molecule has 3 heteroatoms. The standard InChI is InChI=1S/C15H21NO2/c1-3-4-8-11-18-14(12-15(17)16-2)13-9-6-5-7-10-13/h5-7,9-10,12H,3-4,8,11H2,1-2H3,(H,16,17)/b14-12-. The lowest BCUT2D eigenvalue weighted by molar-refractivity contribution is -0.116. The average molecular weight is 247 g/mol. The molecule has 0 bridgehead atoms. The molecule has 0 saturated carbocycles. The van der Waals surface area contributed by atoms with Crippen molar-refractivity contribution in [2.24, 2.45) is 0 Å². The molecule has 18 heavy (non-hydrogen) atoms. The molecule has 0 aliphatic carbocycles. The Morgan fingerprint density at radius 1 is 1.28 bits per heavy atom.